The van der Waals surface area contributed by atoms with Crippen LogP contribution in [-0.4, -0.2) is 34.6 Å². The van der Waals surface area contributed by atoms with Crippen LogP contribution >= 0.6 is 0 Å². The van der Waals surface area contributed by atoms with E-state index in [-0.39, 0.29) is 53.3 Å². The monoisotopic (exact) mass is 411 g/mol. The maximum absolute atomic E-state index is 13.3. The molecule has 4 aliphatic rings. The summed E-state index contributed by atoms with van der Waals surface area (Å²) in [4.78, 5) is 50.9. The Labute approximate surface area is 177 Å². The molecule has 6 heteroatoms. The molecule has 6 nitrogen and oxygen atoms in total. The van der Waals surface area contributed by atoms with E-state index in [0.717, 1.165) is 19.3 Å². The third kappa shape index (κ3) is 3.46. The summed E-state index contributed by atoms with van der Waals surface area (Å²) in [6.07, 6.45) is 10.1. The number of ketones is 1. The lowest BCUT2D eigenvalue weighted by molar-refractivity contribution is -0.154. The summed E-state index contributed by atoms with van der Waals surface area (Å²) in [6, 6.07) is 0. The number of imide groups is 1. The third-order valence-electron chi connectivity index (χ3n) is 7.25. The number of likely N-dealkylation sites (tertiary alicyclic amines) is 1. The second-order valence-electron chi connectivity index (χ2n) is 9.02. The molecule has 3 saturated carbocycles. The van der Waals surface area contributed by atoms with Gasteiger partial charge in [-0.3, -0.25) is 24.1 Å². The summed E-state index contributed by atoms with van der Waals surface area (Å²) in [5.41, 5.74) is 0.524. The normalized spacial score (nSPS) is 37.1. The summed E-state index contributed by atoms with van der Waals surface area (Å²) >= 11 is 0. The Hall–Kier alpha value is -2.50. The lowest BCUT2D eigenvalue weighted by Gasteiger charge is -2.28. The number of nitrogens with zero attached hydrogens (tertiary/aromatic N) is 1. The van der Waals surface area contributed by atoms with Crippen molar-refractivity contribution < 1.29 is 23.9 Å². The third-order valence-corrected chi connectivity index (χ3v) is 7.25. The predicted octanol–water partition coefficient (Wildman–Crippen LogP) is 3.19. The molecule has 0 spiro atoms. The van der Waals surface area contributed by atoms with E-state index in [9.17, 15) is 19.2 Å². The first-order valence-electron chi connectivity index (χ1n) is 10.9. The lowest BCUT2D eigenvalue weighted by Crippen LogP contribution is -2.36. The fraction of sp³-hybridized carbons (Fsp3) is 0.583. The second kappa shape index (κ2) is 7.97. The van der Waals surface area contributed by atoms with Crippen LogP contribution in [0, 0.1) is 35.5 Å². The number of allylic oxidation sites excluding steroid dienone is 4. The molecule has 0 aromatic heterocycles. The topological polar surface area (TPSA) is 80.8 Å². The van der Waals surface area contributed by atoms with Crippen LogP contribution in [0.5, 0.6) is 0 Å². The second-order valence-corrected chi connectivity index (χ2v) is 9.02. The number of ether oxygens (including phenoxy) is 1. The van der Waals surface area contributed by atoms with E-state index in [2.05, 4.69) is 6.58 Å². The fourth-order valence-electron chi connectivity index (χ4n) is 5.74. The zero-order valence-electron chi connectivity index (χ0n) is 17.6. The van der Waals surface area contributed by atoms with Gasteiger partial charge in [0.05, 0.1) is 17.5 Å². The van der Waals surface area contributed by atoms with Gasteiger partial charge in [-0.15, -0.1) is 0 Å². The Morgan fingerprint density at radius 3 is 2.53 bits per heavy atom. The van der Waals surface area contributed by atoms with Gasteiger partial charge in [0.1, 0.15) is 11.9 Å². The molecule has 1 saturated heterocycles. The molecule has 4 rings (SSSR count). The Balaban J connectivity index is 1.48. The number of hydrogen-bond acceptors (Lipinski definition) is 5. The minimum atomic E-state index is -0.405. The number of esters is 1. The maximum atomic E-state index is 13.3. The highest BCUT2D eigenvalue weighted by Crippen LogP contribution is 2.57. The highest BCUT2D eigenvalue weighted by atomic mass is 16.5. The van der Waals surface area contributed by atoms with Crippen molar-refractivity contribution in [3.63, 3.8) is 0 Å². The molecule has 0 aromatic carbocycles. The van der Waals surface area contributed by atoms with Gasteiger partial charge >= 0.3 is 5.97 Å². The first-order chi connectivity index (χ1) is 14.4. The van der Waals surface area contributed by atoms with Crippen molar-refractivity contribution in [2.45, 2.75) is 52.1 Å². The van der Waals surface area contributed by atoms with Crippen molar-refractivity contribution in [3.8, 4) is 0 Å². The van der Waals surface area contributed by atoms with Crippen molar-refractivity contribution in [3.05, 3.63) is 36.6 Å². The van der Waals surface area contributed by atoms with Gasteiger partial charge < -0.3 is 4.74 Å². The van der Waals surface area contributed by atoms with E-state index in [1.165, 1.54) is 4.90 Å². The van der Waals surface area contributed by atoms with Crippen molar-refractivity contribution >= 4 is 23.6 Å². The van der Waals surface area contributed by atoms with Crippen LogP contribution in [0.1, 0.15) is 46.0 Å². The highest BCUT2D eigenvalue weighted by molar-refractivity contribution is 6.08. The Bertz CT molecular complexity index is 856. The quantitative estimate of drug-likeness (QED) is 0.348. The minimum absolute atomic E-state index is 0.0753. The molecule has 2 bridgehead atoms. The van der Waals surface area contributed by atoms with E-state index in [1.807, 2.05) is 6.08 Å². The van der Waals surface area contributed by atoms with Crippen LogP contribution in [0.3, 0.4) is 0 Å². The summed E-state index contributed by atoms with van der Waals surface area (Å²) in [5, 5.41) is 0. The molecule has 4 fully saturated rings. The number of fused-ring (bicyclic) bond motifs is 5. The number of Topliss-reactive ketones (excluding diaryl/α,β-unsaturated/α-hetero) is 1. The van der Waals surface area contributed by atoms with Crippen LogP contribution in [0.25, 0.3) is 0 Å². The van der Waals surface area contributed by atoms with Gasteiger partial charge in [0.25, 0.3) is 0 Å². The zero-order chi connectivity index (χ0) is 21.6. The maximum Gasteiger partial charge on any atom is 0.305 e. The van der Waals surface area contributed by atoms with Crippen LogP contribution in [0.4, 0.5) is 0 Å². The largest absolute Gasteiger partial charge is 0.462 e. The molecule has 7 unspecified atom stereocenters. The summed E-state index contributed by atoms with van der Waals surface area (Å²) in [6.45, 7) is 7.09. The van der Waals surface area contributed by atoms with Crippen molar-refractivity contribution in [2.75, 3.05) is 0 Å². The van der Waals surface area contributed by atoms with Gasteiger partial charge in [0.15, 0.2) is 0 Å². The van der Waals surface area contributed by atoms with Crippen molar-refractivity contribution in [1.29, 1.82) is 0 Å². The molecule has 1 heterocycles. The minimum Gasteiger partial charge on any atom is -0.462 e. The van der Waals surface area contributed by atoms with E-state index in [4.69, 9.17) is 4.74 Å². The standard InChI is InChI=1S/C24H29NO5/c1-4-7-16(9-6-8-14-10-17(14)13(3)26)25-23(28)21-15-11-18(22(21)24(25)29)19(12-15)30-20(27)5-2/h4,6-7,9,14-15,17-19,21-22H,1,5,8,10-12H2,2-3H3/b9-6-,16-7+. The Morgan fingerprint density at radius 1 is 1.17 bits per heavy atom. The molecule has 1 aliphatic heterocycles. The van der Waals surface area contributed by atoms with Crippen molar-refractivity contribution in [1.82, 2.24) is 4.90 Å². The Morgan fingerprint density at radius 2 is 1.90 bits per heavy atom. The fourth-order valence-corrected chi connectivity index (χ4v) is 5.74. The molecule has 0 radical (unpaired) electrons. The van der Waals surface area contributed by atoms with Gasteiger partial charge in [-0.2, -0.15) is 0 Å². The van der Waals surface area contributed by atoms with Gasteiger partial charge in [0.2, 0.25) is 11.8 Å². The molecular weight excluding hydrogens is 382 g/mol. The van der Waals surface area contributed by atoms with Gasteiger partial charge in [-0.1, -0.05) is 25.7 Å². The number of hydrogen-bond donors (Lipinski definition) is 0. The molecular formula is C24H29NO5. The number of carbonyl (C=O) groups excluding carboxylic acids is 4. The van der Waals surface area contributed by atoms with E-state index in [0.29, 0.717) is 24.5 Å². The predicted molar refractivity (Wildman–Crippen MR) is 110 cm³/mol. The van der Waals surface area contributed by atoms with E-state index in [1.54, 1.807) is 32.1 Å². The summed E-state index contributed by atoms with van der Waals surface area (Å²) in [5.74, 6) is -0.569. The smallest absolute Gasteiger partial charge is 0.305 e. The van der Waals surface area contributed by atoms with E-state index >= 15 is 0 Å². The van der Waals surface area contributed by atoms with Gasteiger partial charge in [-0.05, 0) is 56.6 Å². The van der Waals surface area contributed by atoms with Gasteiger partial charge in [0, 0.05) is 18.3 Å². The Kier molecular flexibility index (Phi) is 5.51. The molecule has 30 heavy (non-hydrogen) atoms. The SMILES string of the molecule is C=C/C=C(\C=C/CC1CC1C(C)=O)N1C(=O)C2C3CC(OC(=O)CC)C(C3)C2C1=O. The number of carbonyl (C=O) groups is 4. The van der Waals surface area contributed by atoms with Crippen LogP contribution < -0.4 is 0 Å². The van der Waals surface area contributed by atoms with Crippen LogP contribution in [0.2, 0.25) is 0 Å². The van der Waals surface area contributed by atoms with Crippen LogP contribution in [-0.2, 0) is 23.9 Å². The zero-order valence-corrected chi connectivity index (χ0v) is 17.6. The molecule has 0 aromatic rings. The average molecular weight is 411 g/mol. The van der Waals surface area contributed by atoms with Crippen LogP contribution in [0.15, 0.2) is 36.6 Å². The first kappa shape index (κ1) is 20.8. The summed E-state index contributed by atoms with van der Waals surface area (Å²) in [7, 11) is 0. The molecule has 0 N–H and O–H groups in total. The lowest BCUT2D eigenvalue weighted by atomic mass is 9.79. The number of amides is 2. The van der Waals surface area contributed by atoms with Gasteiger partial charge in [-0.25, -0.2) is 0 Å². The highest BCUT2D eigenvalue weighted by Gasteiger charge is 2.65. The molecule has 2 amide bonds. The van der Waals surface area contributed by atoms with E-state index < -0.39 is 5.92 Å². The average Bonchev–Trinajstić information content (AvgIpc) is 3.13. The molecule has 7 atom stereocenters. The molecule has 160 valence electrons. The molecule has 3 aliphatic carbocycles. The summed E-state index contributed by atoms with van der Waals surface area (Å²) < 4.78 is 5.56. The number of rotatable bonds is 8. The first-order valence-corrected chi connectivity index (χ1v) is 10.9. The van der Waals surface area contributed by atoms with Crippen molar-refractivity contribution in [2.24, 2.45) is 35.5 Å².